The number of carbonyl (C=O) groups is 2. The molecule has 1 N–H and O–H groups in total. The summed E-state index contributed by atoms with van der Waals surface area (Å²) in [5.41, 5.74) is 1.68. The number of aryl methyl sites for hydroxylation is 1. The van der Waals surface area contributed by atoms with Gasteiger partial charge in [-0.3, -0.25) is 5.32 Å². The van der Waals surface area contributed by atoms with Gasteiger partial charge in [0.25, 0.3) is 0 Å². The molecule has 2 aromatic rings. The molecule has 1 fully saturated rings. The predicted molar refractivity (Wildman–Crippen MR) is 92.3 cm³/mol. The third-order valence-electron chi connectivity index (χ3n) is 4.24. The molecule has 1 aliphatic heterocycles. The van der Waals surface area contributed by atoms with E-state index >= 15 is 0 Å². The van der Waals surface area contributed by atoms with Gasteiger partial charge in [-0.1, -0.05) is 12.1 Å². The molecule has 0 bridgehead atoms. The van der Waals surface area contributed by atoms with Gasteiger partial charge in [-0.25, -0.2) is 14.0 Å². The molecule has 1 saturated heterocycles. The maximum absolute atomic E-state index is 13.1. The van der Waals surface area contributed by atoms with E-state index < -0.39 is 5.97 Å². The molecule has 2 heterocycles. The minimum Gasteiger partial charge on any atom is -0.465 e. The van der Waals surface area contributed by atoms with Crippen LogP contribution in [-0.2, 0) is 4.74 Å². The lowest BCUT2D eigenvalue weighted by Crippen LogP contribution is -2.34. The number of amides is 2. The second-order valence-corrected chi connectivity index (χ2v) is 6.57. The predicted octanol–water partition coefficient (Wildman–Crippen LogP) is 3.75. The highest BCUT2D eigenvalue weighted by Crippen LogP contribution is 2.33. The number of methoxy groups -OCH3 is 1. The number of nitrogens with one attached hydrogen (secondary N) is 1. The fraction of sp³-hybridized carbons (Fsp3) is 0.353. The summed E-state index contributed by atoms with van der Waals surface area (Å²) in [6, 6.07) is 5.76. The number of hydrogen-bond donors (Lipinski definition) is 1. The van der Waals surface area contributed by atoms with Gasteiger partial charge >= 0.3 is 12.0 Å². The van der Waals surface area contributed by atoms with E-state index in [2.05, 4.69) is 9.69 Å². The van der Waals surface area contributed by atoms with Crippen molar-refractivity contribution in [3.63, 3.8) is 0 Å². The number of esters is 1. The molecule has 8 heteroatoms. The highest BCUT2D eigenvalue weighted by molar-refractivity contribution is 7.11. The molecule has 1 aromatic carbocycles. The van der Waals surface area contributed by atoms with E-state index in [1.807, 2.05) is 0 Å². The Hall–Kier alpha value is -2.48. The molecule has 3 rings (SSSR count). The number of rotatable bonds is 3. The summed E-state index contributed by atoms with van der Waals surface area (Å²) >= 11 is 1.05. The largest absolute Gasteiger partial charge is 0.465 e. The van der Waals surface area contributed by atoms with Crippen molar-refractivity contribution >= 4 is 28.5 Å². The Morgan fingerprint density at radius 1 is 1.36 bits per heavy atom. The van der Waals surface area contributed by atoms with Crippen LogP contribution in [0, 0.1) is 12.7 Å². The number of carbonyl (C=O) groups excluding carboxylic acids is 2. The van der Waals surface area contributed by atoms with Gasteiger partial charge in [0.2, 0.25) is 0 Å². The minimum atomic E-state index is -0.530. The number of urea groups is 1. The zero-order valence-corrected chi connectivity index (χ0v) is 14.7. The van der Waals surface area contributed by atoms with Crippen molar-refractivity contribution in [2.24, 2.45) is 0 Å². The first-order valence-electron chi connectivity index (χ1n) is 7.89. The van der Waals surface area contributed by atoms with Gasteiger partial charge in [0.05, 0.1) is 18.8 Å². The minimum absolute atomic E-state index is 0.115. The van der Waals surface area contributed by atoms with Crippen LogP contribution >= 0.6 is 11.5 Å². The van der Waals surface area contributed by atoms with Gasteiger partial charge in [0.1, 0.15) is 16.4 Å². The van der Waals surface area contributed by atoms with Crippen molar-refractivity contribution in [2.75, 3.05) is 19.0 Å². The van der Waals surface area contributed by atoms with Crippen molar-refractivity contribution in [1.82, 2.24) is 9.27 Å². The molecule has 0 spiro atoms. The van der Waals surface area contributed by atoms with Crippen LogP contribution < -0.4 is 5.32 Å². The van der Waals surface area contributed by atoms with Gasteiger partial charge in [0, 0.05) is 6.54 Å². The third kappa shape index (κ3) is 3.48. The van der Waals surface area contributed by atoms with E-state index in [0.29, 0.717) is 17.2 Å². The fourth-order valence-electron chi connectivity index (χ4n) is 3.01. The van der Waals surface area contributed by atoms with E-state index in [1.165, 1.54) is 19.2 Å². The molecule has 132 valence electrons. The molecule has 1 atom stereocenters. The second kappa shape index (κ2) is 7.18. The standard InChI is InChI=1S/C17H18FN3O3S/c1-10-14(16(22)24-2)15(25-20-10)19-17(23)21-9-3-4-13(21)11-5-7-12(18)8-6-11/h5-8,13H,3-4,9H2,1-2H3,(H,19,23)/t13-/m0/s1. The molecular weight excluding hydrogens is 345 g/mol. The highest BCUT2D eigenvalue weighted by atomic mass is 32.1. The Morgan fingerprint density at radius 3 is 2.76 bits per heavy atom. The Balaban J connectivity index is 1.79. The average Bonchev–Trinajstić information content (AvgIpc) is 3.22. The quantitative estimate of drug-likeness (QED) is 0.843. The van der Waals surface area contributed by atoms with Crippen molar-refractivity contribution in [2.45, 2.75) is 25.8 Å². The smallest absolute Gasteiger partial charge is 0.342 e. The van der Waals surface area contributed by atoms with Crippen molar-refractivity contribution < 1.29 is 18.7 Å². The number of anilines is 1. The zero-order chi connectivity index (χ0) is 18.0. The molecule has 0 radical (unpaired) electrons. The van der Waals surface area contributed by atoms with Gasteiger partial charge in [0.15, 0.2) is 0 Å². The first-order chi connectivity index (χ1) is 12.0. The van der Waals surface area contributed by atoms with Gasteiger partial charge < -0.3 is 9.64 Å². The van der Waals surface area contributed by atoms with E-state index in [4.69, 9.17) is 4.74 Å². The molecule has 0 saturated carbocycles. The van der Waals surface area contributed by atoms with Crippen molar-refractivity contribution in [1.29, 1.82) is 0 Å². The van der Waals surface area contributed by atoms with Crippen LogP contribution in [0.1, 0.15) is 40.5 Å². The fourth-order valence-corrected chi connectivity index (χ4v) is 3.78. The van der Waals surface area contributed by atoms with Gasteiger partial charge in [-0.2, -0.15) is 4.37 Å². The van der Waals surface area contributed by atoms with E-state index in [0.717, 1.165) is 29.9 Å². The molecule has 0 unspecified atom stereocenters. The first-order valence-corrected chi connectivity index (χ1v) is 8.66. The van der Waals surface area contributed by atoms with E-state index in [-0.39, 0.29) is 23.5 Å². The molecule has 1 aliphatic rings. The van der Waals surface area contributed by atoms with Crippen molar-refractivity contribution in [3.8, 4) is 0 Å². The lowest BCUT2D eigenvalue weighted by Gasteiger charge is -2.25. The van der Waals surface area contributed by atoms with Crippen LogP contribution in [0.15, 0.2) is 24.3 Å². The topological polar surface area (TPSA) is 71.5 Å². The number of halogens is 1. The first kappa shape index (κ1) is 17.3. The van der Waals surface area contributed by atoms with E-state index in [9.17, 15) is 14.0 Å². The summed E-state index contributed by atoms with van der Waals surface area (Å²) in [5.74, 6) is -0.835. The molecular formula is C17H18FN3O3S. The molecule has 25 heavy (non-hydrogen) atoms. The second-order valence-electron chi connectivity index (χ2n) is 5.80. The number of hydrogen-bond acceptors (Lipinski definition) is 5. The summed E-state index contributed by atoms with van der Waals surface area (Å²) < 4.78 is 22.0. The number of nitrogens with zero attached hydrogens (tertiary/aromatic N) is 2. The van der Waals surface area contributed by atoms with Crippen LogP contribution in [-0.4, -0.2) is 34.9 Å². The maximum Gasteiger partial charge on any atom is 0.342 e. The van der Waals surface area contributed by atoms with Gasteiger partial charge in [-0.15, -0.1) is 0 Å². The SMILES string of the molecule is COC(=O)c1c(C)nsc1NC(=O)N1CCC[C@H]1c1ccc(F)cc1. The van der Waals surface area contributed by atoms with Crippen LogP contribution in [0.4, 0.5) is 14.2 Å². The van der Waals surface area contributed by atoms with Crippen LogP contribution in [0.3, 0.4) is 0 Å². The Morgan fingerprint density at radius 2 is 2.08 bits per heavy atom. The normalized spacial score (nSPS) is 16.8. The monoisotopic (exact) mass is 363 g/mol. The average molecular weight is 363 g/mol. The summed E-state index contributed by atoms with van der Waals surface area (Å²) in [6.45, 7) is 2.29. The third-order valence-corrected chi connectivity index (χ3v) is 5.10. The molecule has 6 nitrogen and oxygen atoms in total. The Bertz CT molecular complexity index is 791. The number of likely N-dealkylation sites (tertiary alicyclic amines) is 1. The number of aromatic nitrogens is 1. The molecule has 1 aromatic heterocycles. The number of ether oxygens (including phenoxy) is 1. The Kier molecular flexibility index (Phi) is 4.98. The maximum atomic E-state index is 13.1. The lowest BCUT2D eigenvalue weighted by atomic mass is 10.0. The van der Waals surface area contributed by atoms with Crippen LogP contribution in [0.2, 0.25) is 0 Å². The van der Waals surface area contributed by atoms with E-state index in [1.54, 1.807) is 24.0 Å². The lowest BCUT2D eigenvalue weighted by molar-refractivity contribution is 0.0601. The Labute approximate surface area is 148 Å². The zero-order valence-electron chi connectivity index (χ0n) is 13.9. The van der Waals surface area contributed by atoms with Crippen molar-refractivity contribution in [3.05, 3.63) is 46.9 Å². The van der Waals surface area contributed by atoms with Gasteiger partial charge in [-0.05, 0) is 49.0 Å². The summed E-state index contributed by atoms with van der Waals surface area (Å²) in [4.78, 5) is 26.3. The summed E-state index contributed by atoms with van der Waals surface area (Å²) in [7, 11) is 1.29. The number of benzene rings is 1. The highest BCUT2D eigenvalue weighted by Gasteiger charge is 2.31. The summed E-state index contributed by atoms with van der Waals surface area (Å²) in [5, 5.41) is 3.14. The summed E-state index contributed by atoms with van der Waals surface area (Å²) in [6.07, 6.45) is 1.67. The van der Waals surface area contributed by atoms with Crippen LogP contribution in [0.25, 0.3) is 0 Å². The van der Waals surface area contributed by atoms with Crippen LogP contribution in [0.5, 0.6) is 0 Å². The molecule has 0 aliphatic carbocycles. The molecule has 2 amide bonds.